The van der Waals surface area contributed by atoms with Crippen molar-refractivity contribution in [2.75, 3.05) is 13.2 Å². The van der Waals surface area contributed by atoms with E-state index in [1.54, 1.807) is 12.2 Å². The first kappa shape index (κ1) is 6.17. The van der Waals surface area contributed by atoms with Crippen molar-refractivity contribution in [3.8, 4) is 0 Å². The van der Waals surface area contributed by atoms with Gasteiger partial charge < -0.3 is 13.9 Å². The van der Waals surface area contributed by atoms with Gasteiger partial charge in [0, 0.05) is 0 Å². The van der Waals surface area contributed by atoms with Crippen molar-refractivity contribution in [2.24, 2.45) is 0 Å². The molecule has 3 nitrogen and oxygen atoms in total. The van der Waals surface area contributed by atoms with Gasteiger partial charge in [0.05, 0.1) is 21.8 Å². The maximum Gasteiger partial charge on any atom is 0.0838 e. The molecule has 0 amide bonds. The van der Waals surface area contributed by atoms with Gasteiger partial charge >= 0.3 is 0 Å². The van der Waals surface area contributed by atoms with Crippen LogP contribution in [0.5, 0.6) is 0 Å². The normalized spacial score (nSPS) is 23.1. The molecule has 0 saturated heterocycles. The fourth-order valence-electron chi connectivity index (χ4n) is 0.381. The van der Waals surface area contributed by atoms with Crippen LogP contribution in [0.3, 0.4) is 0 Å². The van der Waals surface area contributed by atoms with Gasteiger partial charge in [0.1, 0.15) is 0 Å². The lowest BCUT2D eigenvalue weighted by Gasteiger charge is -2.17. The molecule has 4 heteroatoms. The first-order valence-corrected chi connectivity index (χ1v) is 3.37. The predicted molar refractivity (Wildman–Crippen MR) is 28.0 cm³/mol. The van der Waals surface area contributed by atoms with Gasteiger partial charge in [-0.1, -0.05) is 12.2 Å². The lowest BCUT2D eigenvalue weighted by atomic mass is 10.5. The molecule has 0 aromatic heterocycles. The van der Waals surface area contributed by atoms with E-state index in [9.17, 15) is 4.89 Å². The third kappa shape index (κ3) is 1.88. The molecule has 46 valence electrons. The topological polar surface area (TPSA) is 41.5 Å². The highest BCUT2D eigenvalue weighted by Gasteiger charge is 1.94. The highest BCUT2D eigenvalue weighted by atomic mass is 31.2. The van der Waals surface area contributed by atoms with Crippen LogP contribution >= 0.6 is 8.60 Å². The van der Waals surface area contributed by atoms with Crippen LogP contribution in [0.15, 0.2) is 12.2 Å². The van der Waals surface area contributed by atoms with Crippen LogP contribution in [-0.2, 0) is 9.05 Å². The standard InChI is InChI=1S/C4H6O3P/c5-8-6-3-1-2-4-7-8/h1-2H,3-4H2/q-1. The molecule has 1 aliphatic heterocycles. The second-order valence-electron chi connectivity index (χ2n) is 1.29. The second kappa shape index (κ2) is 3.15. The number of rotatable bonds is 0. The van der Waals surface area contributed by atoms with E-state index in [2.05, 4.69) is 9.05 Å². The molecule has 0 atom stereocenters. The molecular formula is C4H6O3P-. The monoisotopic (exact) mass is 133 g/mol. The molecule has 0 N–H and O–H groups in total. The van der Waals surface area contributed by atoms with Crippen LogP contribution in [0, 0.1) is 0 Å². The van der Waals surface area contributed by atoms with E-state index in [0.717, 1.165) is 0 Å². The maximum absolute atomic E-state index is 10.3. The van der Waals surface area contributed by atoms with Crippen LogP contribution in [0.1, 0.15) is 0 Å². The molecular weight excluding hydrogens is 127 g/mol. The SMILES string of the molecule is [O-]P1OCC=CCO1. The van der Waals surface area contributed by atoms with Gasteiger partial charge in [0.2, 0.25) is 0 Å². The highest BCUT2D eigenvalue weighted by molar-refractivity contribution is 7.39. The van der Waals surface area contributed by atoms with E-state index in [1.165, 1.54) is 0 Å². The fourth-order valence-corrected chi connectivity index (χ4v) is 0.871. The molecule has 1 rings (SSSR count). The summed E-state index contributed by atoms with van der Waals surface area (Å²) in [7, 11) is -1.83. The van der Waals surface area contributed by atoms with E-state index < -0.39 is 8.60 Å². The van der Waals surface area contributed by atoms with Gasteiger partial charge in [-0.25, -0.2) is 0 Å². The summed E-state index contributed by atoms with van der Waals surface area (Å²) in [5, 5.41) is 0. The molecule has 0 saturated carbocycles. The molecule has 0 unspecified atom stereocenters. The molecule has 0 spiro atoms. The summed E-state index contributed by atoms with van der Waals surface area (Å²) in [6, 6.07) is 0. The lowest BCUT2D eigenvalue weighted by molar-refractivity contribution is -0.201. The largest absolute Gasteiger partial charge is 0.786 e. The zero-order valence-corrected chi connectivity index (χ0v) is 5.14. The van der Waals surface area contributed by atoms with Gasteiger partial charge in [0.15, 0.2) is 0 Å². The molecule has 0 fully saturated rings. The summed E-state index contributed by atoms with van der Waals surface area (Å²) in [5.41, 5.74) is 0. The molecule has 1 aliphatic rings. The van der Waals surface area contributed by atoms with E-state index in [1.807, 2.05) is 0 Å². The second-order valence-corrected chi connectivity index (χ2v) is 2.25. The molecule has 0 aromatic carbocycles. The average Bonchev–Trinajstić information content (AvgIpc) is 1.94. The van der Waals surface area contributed by atoms with Gasteiger partial charge in [-0.2, -0.15) is 0 Å². The minimum Gasteiger partial charge on any atom is -0.786 e. The third-order valence-electron chi connectivity index (χ3n) is 0.719. The first-order valence-electron chi connectivity index (χ1n) is 2.27. The smallest absolute Gasteiger partial charge is 0.0838 e. The van der Waals surface area contributed by atoms with Crippen LogP contribution in [0.25, 0.3) is 0 Å². The van der Waals surface area contributed by atoms with Crippen molar-refractivity contribution in [3.05, 3.63) is 12.2 Å². The van der Waals surface area contributed by atoms with Gasteiger partial charge in [0.25, 0.3) is 0 Å². The Labute approximate surface area is 48.9 Å². The van der Waals surface area contributed by atoms with Gasteiger partial charge in [-0.3, -0.25) is 0 Å². The Bertz CT molecular complexity index is 83.3. The van der Waals surface area contributed by atoms with E-state index in [0.29, 0.717) is 13.2 Å². The summed E-state index contributed by atoms with van der Waals surface area (Å²) in [5.74, 6) is 0. The Hall–Kier alpha value is 0.0500. The minimum absolute atomic E-state index is 0.398. The molecule has 8 heavy (non-hydrogen) atoms. The minimum atomic E-state index is -1.83. The summed E-state index contributed by atoms with van der Waals surface area (Å²) in [6.45, 7) is 0.796. The first-order chi connectivity index (χ1) is 3.89. The fraction of sp³-hybridized carbons (Fsp3) is 0.500. The van der Waals surface area contributed by atoms with Crippen molar-refractivity contribution in [1.29, 1.82) is 0 Å². The number of hydrogen-bond acceptors (Lipinski definition) is 3. The Morgan fingerprint density at radius 1 is 1.25 bits per heavy atom. The zero-order valence-electron chi connectivity index (χ0n) is 4.24. The van der Waals surface area contributed by atoms with Gasteiger partial charge in [-0.15, -0.1) is 0 Å². The van der Waals surface area contributed by atoms with E-state index in [-0.39, 0.29) is 0 Å². The molecule has 0 aliphatic carbocycles. The van der Waals surface area contributed by atoms with Crippen LogP contribution in [0.2, 0.25) is 0 Å². The summed E-state index contributed by atoms with van der Waals surface area (Å²) < 4.78 is 9.21. The maximum atomic E-state index is 10.3. The van der Waals surface area contributed by atoms with E-state index >= 15 is 0 Å². The van der Waals surface area contributed by atoms with E-state index in [4.69, 9.17) is 0 Å². The quantitative estimate of drug-likeness (QED) is 0.349. The molecule has 0 radical (unpaired) electrons. The third-order valence-corrected chi connectivity index (χ3v) is 1.44. The van der Waals surface area contributed by atoms with Crippen molar-refractivity contribution < 1.29 is 13.9 Å². The average molecular weight is 133 g/mol. The van der Waals surface area contributed by atoms with Crippen LogP contribution < -0.4 is 4.89 Å². The van der Waals surface area contributed by atoms with Crippen LogP contribution in [0.4, 0.5) is 0 Å². The van der Waals surface area contributed by atoms with Gasteiger partial charge in [-0.05, 0) is 0 Å². The van der Waals surface area contributed by atoms with Crippen molar-refractivity contribution in [3.63, 3.8) is 0 Å². The van der Waals surface area contributed by atoms with Crippen LogP contribution in [-0.4, -0.2) is 13.2 Å². The Kier molecular flexibility index (Phi) is 2.43. The molecule has 0 bridgehead atoms. The summed E-state index contributed by atoms with van der Waals surface area (Å²) in [4.78, 5) is 10.3. The van der Waals surface area contributed by atoms with Crippen molar-refractivity contribution in [1.82, 2.24) is 0 Å². The predicted octanol–water partition coefficient (Wildman–Crippen LogP) is 0.177. The van der Waals surface area contributed by atoms with Crippen molar-refractivity contribution >= 4 is 8.60 Å². The highest BCUT2D eigenvalue weighted by Crippen LogP contribution is 2.28. The summed E-state index contributed by atoms with van der Waals surface area (Å²) in [6.07, 6.45) is 3.56. The number of hydrogen-bond donors (Lipinski definition) is 0. The Morgan fingerprint density at radius 3 is 2.25 bits per heavy atom. The summed E-state index contributed by atoms with van der Waals surface area (Å²) >= 11 is 0. The zero-order chi connectivity index (χ0) is 5.82. The lowest BCUT2D eigenvalue weighted by Crippen LogP contribution is -2.00. The Morgan fingerprint density at radius 2 is 1.75 bits per heavy atom. The Balaban J connectivity index is 2.28. The molecule has 1 heterocycles. The van der Waals surface area contributed by atoms with Crippen molar-refractivity contribution in [2.45, 2.75) is 0 Å². The molecule has 0 aromatic rings.